The fourth-order valence-electron chi connectivity index (χ4n) is 1.51. The van der Waals surface area contributed by atoms with Gasteiger partial charge in [0.15, 0.2) is 11.5 Å². The standard InChI is InChI=1S/C10H13N5O2/c1-7(16)17-4-2-3-15-6-14-8-9(11)12-5-13-10(8)15/h5-6H,2-4H2,1H3,(H2,11,12,13). The van der Waals surface area contributed by atoms with Gasteiger partial charge in [-0.2, -0.15) is 0 Å². The molecule has 0 bridgehead atoms. The van der Waals surface area contributed by atoms with Crippen LogP contribution in [-0.2, 0) is 16.1 Å². The highest BCUT2D eigenvalue weighted by Crippen LogP contribution is 2.14. The van der Waals surface area contributed by atoms with Gasteiger partial charge in [-0.1, -0.05) is 0 Å². The van der Waals surface area contributed by atoms with Crippen LogP contribution in [0.3, 0.4) is 0 Å². The molecule has 0 radical (unpaired) electrons. The largest absolute Gasteiger partial charge is 0.466 e. The molecule has 0 aliphatic heterocycles. The van der Waals surface area contributed by atoms with Crippen LogP contribution in [-0.4, -0.2) is 32.1 Å². The number of carbonyl (C=O) groups excluding carboxylic acids is 1. The van der Waals surface area contributed by atoms with Crippen molar-refractivity contribution in [2.45, 2.75) is 19.9 Å². The molecule has 17 heavy (non-hydrogen) atoms. The molecule has 2 aromatic heterocycles. The zero-order valence-corrected chi connectivity index (χ0v) is 9.46. The number of aromatic nitrogens is 4. The lowest BCUT2D eigenvalue weighted by molar-refractivity contribution is -0.141. The van der Waals surface area contributed by atoms with Crippen molar-refractivity contribution in [1.82, 2.24) is 19.5 Å². The summed E-state index contributed by atoms with van der Waals surface area (Å²) in [7, 11) is 0. The Kier molecular flexibility index (Phi) is 3.17. The monoisotopic (exact) mass is 235 g/mol. The Morgan fingerprint density at radius 3 is 3.06 bits per heavy atom. The van der Waals surface area contributed by atoms with Crippen molar-refractivity contribution in [2.24, 2.45) is 0 Å². The first-order valence-electron chi connectivity index (χ1n) is 5.23. The van der Waals surface area contributed by atoms with E-state index in [1.54, 1.807) is 6.33 Å². The van der Waals surface area contributed by atoms with Crippen LogP contribution < -0.4 is 5.73 Å². The van der Waals surface area contributed by atoms with E-state index in [1.165, 1.54) is 13.3 Å². The van der Waals surface area contributed by atoms with E-state index in [-0.39, 0.29) is 5.97 Å². The van der Waals surface area contributed by atoms with Gasteiger partial charge >= 0.3 is 5.97 Å². The number of ether oxygens (including phenoxy) is 1. The van der Waals surface area contributed by atoms with Gasteiger partial charge in [-0.25, -0.2) is 15.0 Å². The Bertz CT molecular complexity index is 536. The lowest BCUT2D eigenvalue weighted by atomic mass is 10.4. The average Bonchev–Trinajstić information content (AvgIpc) is 2.69. The van der Waals surface area contributed by atoms with E-state index in [9.17, 15) is 4.79 Å². The number of nitrogen functional groups attached to an aromatic ring is 1. The lowest BCUT2D eigenvalue weighted by Crippen LogP contribution is -2.05. The molecule has 90 valence electrons. The molecule has 0 spiro atoms. The highest BCUT2D eigenvalue weighted by atomic mass is 16.5. The van der Waals surface area contributed by atoms with E-state index in [1.807, 2.05) is 4.57 Å². The summed E-state index contributed by atoms with van der Waals surface area (Å²) in [5.41, 5.74) is 6.96. The summed E-state index contributed by atoms with van der Waals surface area (Å²) in [5, 5.41) is 0. The number of hydrogen-bond donors (Lipinski definition) is 1. The highest BCUT2D eigenvalue weighted by Gasteiger charge is 2.07. The summed E-state index contributed by atoms with van der Waals surface area (Å²) in [6, 6.07) is 0. The van der Waals surface area contributed by atoms with E-state index < -0.39 is 0 Å². The first-order valence-corrected chi connectivity index (χ1v) is 5.23. The van der Waals surface area contributed by atoms with Crippen LogP contribution in [0.4, 0.5) is 5.82 Å². The molecule has 7 nitrogen and oxygen atoms in total. The van der Waals surface area contributed by atoms with Gasteiger partial charge in [0, 0.05) is 13.5 Å². The summed E-state index contributed by atoms with van der Waals surface area (Å²) < 4.78 is 6.70. The van der Waals surface area contributed by atoms with E-state index in [4.69, 9.17) is 10.5 Å². The Hall–Kier alpha value is -2.18. The summed E-state index contributed by atoms with van der Waals surface area (Å²) in [5.74, 6) is 0.0980. The summed E-state index contributed by atoms with van der Waals surface area (Å²) >= 11 is 0. The Balaban J connectivity index is 2.04. The number of fused-ring (bicyclic) bond motifs is 1. The van der Waals surface area contributed by atoms with Crippen LogP contribution in [0.1, 0.15) is 13.3 Å². The van der Waals surface area contributed by atoms with Gasteiger partial charge in [0.05, 0.1) is 12.9 Å². The number of esters is 1. The molecule has 0 atom stereocenters. The van der Waals surface area contributed by atoms with E-state index in [2.05, 4.69) is 15.0 Å². The minimum atomic E-state index is -0.271. The minimum absolute atomic E-state index is 0.271. The molecule has 7 heteroatoms. The van der Waals surface area contributed by atoms with E-state index >= 15 is 0 Å². The van der Waals surface area contributed by atoms with Gasteiger partial charge in [0.2, 0.25) is 0 Å². The van der Waals surface area contributed by atoms with Gasteiger partial charge in [-0.05, 0) is 6.42 Å². The number of anilines is 1. The molecule has 0 saturated heterocycles. The zero-order valence-electron chi connectivity index (χ0n) is 9.46. The van der Waals surface area contributed by atoms with Gasteiger partial charge in [-0.15, -0.1) is 0 Å². The molecule has 0 saturated carbocycles. The van der Waals surface area contributed by atoms with Gasteiger partial charge in [0.1, 0.15) is 11.8 Å². The molecule has 2 rings (SSSR count). The summed E-state index contributed by atoms with van der Waals surface area (Å²) in [4.78, 5) is 22.7. The van der Waals surface area contributed by atoms with Crippen molar-refractivity contribution in [3.05, 3.63) is 12.7 Å². The molecule has 2 N–H and O–H groups in total. The second-order valence-corrected chi connectivity index (χ2v) is 3.56. The number of hydrogen-bond acceptors (Lipinski definition) is 6. The molecule has 0 aromatic carbocycles. The van der Waals surface area contributed by atoms with Crippen LogP contribution in [0.15, 0.2) is 12.7 Å². The van der Waals surface area contributed by atoms with E-state index in [0.29, 0.717) is 36.6 Å². The number of nitrogens with two attached hydrogens (primary N) is 1. The molecule has 0 aliphatic rings. The van der Waals surface area contributed by atoms with Crippen molar-refractivity contribution in [3.8, 4) is 0 Å². The quantitative estimate of drug-likeness (QED) is 0.607. The molecule has 2 aromatic rings. The van der Waals surface area contributed by atoms with Crippen molar-refractivity contribution in [1.29, 1.82) is 0 Å². The third-order valence-corrected chi connectivity index (χ3v) is 2.28. The van der Waals surface area contributed by atoms with Crippen LogP contribution in [0, 0.1) is 0 Å². The minimum Gasteiger partial charge on any atom is -0.466 e. The van der Waals surface area contributed by atoms with E-state index in [0.717, 1.165) is 0 Å². The predicted molar refractivity (Wildman–Crippen MR) is 61.0 cm³/mol. The Morgan fingerprint density at radius 1 is 1.47 bits per heavy atom. The smallest absolute Gasteiger partial charge is 0.302 e. The van der Waals surface area contributed by atoms with Crippen LogP contribution >= 0.6 is 0 Å². The number of nitrogens with zero attached hydrogens (tertiary/aromatic N) is 4. The second kappa shape index (κ2) is 4.77. The van der Waals surface area contributed by atoms with Crippen molar-refractivity contribution >= 4 is 23.0 Å². The number of imidazole rings is 1. The van der Waals surface area contributed by atoms with Gasteiger partial charge in [0.25, 0.3) is 0 Å². The molecule has 0 fully saturated rings. The number of carbonyl (C=O) groups is 1. The highest BCUT2D eigenvalue weighted by molar-refractivity contribution is 5.81. The molecule has 0 aliphatic carbocycles. The second-order valence-electron chi connectivity index (χ2n) is 3.56. The average molecular weight is 235 g/mol. The third kappa shape index (κ3) is 2.49. The Morgan fingerprint density at radius 2 is 2.29 bits per heavy atom. The van der Waals surface area contributed by atoms with Crippen molar-refractivity contribution < 1.29 is 9.53 Å². The fraction of sp³-hybridized carbons (Fsp3) is 0.400. The van der Waals surface area contributed by atoms with Crippen LogP contribution in [0.5, 0.6) is 0 Å². The normalized spacial score (nSPS) is 10.6. The Labute approximate surface area is 97.6 Å². The SMILES string of the molecule is CC(=O)OCCCn1cnc2c(N)ncnc21. The molecule has 0 unspecified atom stereocenters. The number of aryl methyl sites for hydroxylation is 1. The molecular formula is C10H13N5O2. The van der Waals surface area contributed by atoms with Crippen LogP contribution in [0.25, 0.3) is 11.2 Å². The predicted octanol–water partition coefficient (Wildman–Crippen LogP) is 0.362. The molecule has 2 heterocycles. The van der Waals surface area contributed by atoms with Crippen LogP contribution in [0.2, 0.25) is 0 Å². The summed E-state index contributed by atoms with van der Waals surface area (Å²) in [6.07, 6.45) is 3.76. The van der Waals surface area contributed by atoms with Gasteiger partial charge in [-0.3, -0.25) is 4.79 Å². The summed E-state index contributed by atoms with van der Waals surface area (Å²) in [6.45, 7) is 2.44. The first-order chi connectivity index (χ1) is 8.18. The molecular weight excluding hydrogens is 222 g/mol. The van der Waals surface area contributed by atoms with Crippen molar-refractivity contribution in [3.63, 3.8) is 0 Å². The topological polar surface area (TPSA) is 95.9 Å². The number of rotatable bonds is 4. The maximum absolute atomic E-state index is 10.6. The van der Waals surface area contributed by atoms with Gasteiger partial charge < -0.3 is 15.0 Å². The maximum Gasteiger partial charge on any atom is 0.302 e. The fourth-order valence-corrected chi connectivity index (χ4v) is 1.51. The maximum atomic E-state index is 10.6. The van der Waals surface area contributed by atoms with Crippen molar-refractivity contribution in [2.75, 3.05) is 12.3 Å². The first kappa shape index (κ1) is 11.3. The lowest BCUT2D eigenvalue weighted by Gasteiger charge is -2.03. The third-order valence-electron chi connectivity index (χ3n) is 2.28. The zero-order chi connectivity index (χ0) is 12.3. The molecule has 0 amide bonds.